The molecule has 1 aliphatic rings. The number of aliphatic hydroxyl groups is 1. The molecule has 0 aromatic heterocycles. The van der Waals surface area contributed by atoms with Gasteiger partial charge in [-0.25, -0.2) is 0 Å². The van der Waals surface area contributed by atoms with E-state index in [1.807, 2.05) is 24.3 Å². The van der Waals surface area contributed by atoms with E-state index in [9.17, 15) is 4.79 Å². The fraction of sp³-hybridized carbons (Fsp3) is 0.562. The van der Waals surface area contributed by atoms with Crippen LogP contribution in [-0.2, 0) is 22.5 Å². The fourth-order valence-corrected chi connectivity index (χ4v) is 2.74. The Balaban J connectivity index is 1.87. The number of piperidine rings is 1. The van der Waals surface area contributed by atoms with Crippen molar-refractivity contribution in [2.24, 2.45) is 0 Å². The van der Waals surface area contributed by atoms with E-state index < -0.39 is 5.97 Å². The SMILES string of the molecule is O=C(O)Cc1ccccc1CN1CCC(OCCO)CC1. The van der Waals surface area contributed by atoms with Crippen LogP contribution in [0.1, 0.15) is 24.0 Å². The maximum Gasteiger partial charge on any atom is 0.307 e. The van der Waals surface area contributed by atoms with Crippen molar-refractivity contribution in [2.45, 2.75) is 31.9 Å². The average molecular weight is 293 g/mol. The van der Waals surface area contributed by atoms with E-state index in [4.69, 9.17) is 14.9 Å². The minimum Gasteiger partial charge on any atom is -0.481 e. The molecule has 5 heteroatoms. The lowest BCUT2D eigenvalue weighted by atomic mass is 10.0. The van der Waals surface area contributed by atoms with Crippen LogP contribution in [0.4, 0.5) is 0 Å². The molecule has 1 aliphatic heterocycles. The van der Waals surface area contributed by atoms with Crippen LogP contribution in [0, 0.1) is 0 Å². The molecule has 1 heterocycles. The molecule has 21 heavy (non-hydrogen) atoms. The van der Waals surface area contributed by atoms with Crippen LogP contribution >= 0.6 is 0 Å². The number of ether oxygens (including phenoxy) is 1. The van der Waals surface area contributed by atoms with Gasteiger partial charge in [-0.3, -0.25) is 9.69 Å². The van der Waals surface area contributed by atoms with Crippen molar-refractivity contribution < 1.29 is 19.7 Å². The Hall–Kier alpha value is -1.43. The van der Waals surface area contributed by atoms with Gasteiger partial charge in [0.25, 0.3) is 0 Å². The van der Waals surface area contributed by atoms with E-state index in [1.165, 1.54) is 0 Å². The van der Waals surface area contributed by atoms with E-state index in [0.717, 1.165) is 43.6 Å². The Morgan fingerprint density at radius 2 is 1.90 bits per heavy atom. The summed E-state index contributed by atoms with van der Waals surface area (Å²) >= 11 is 0. The number of nitrogens with zero attached hydrogens (tertiary/aromatic N) is 1. The summed E-state index contributed by atoms with van der Waals surface area (Å²) in [5, 5.41) is 17.7. The third-order valence-electron chi connectivity index (χ3n) is 3.83. The van der Waals surface area contributed by atoms with Crippen molar-refractivity contribution in [3.63, 3.8) is 0 Å². The Kier molecular flexibility index (Phi) is 6.17. The van der Waals surface area contributed by atoms with Crippen molar-refractivity contribution in [3.05, 3.63) is 35.4 Å². The van der Waals surface area contributed by atoms with Crippen LogP contribution in [0.15, 0.2) is 24.3 Å². The summed E-state index contributed by atoms with van der Waals surface area (Å²) in [6.45, 7) is 3.15. The second-order valence-electron chi connectivity index (χ2n) is 5.41. The monoisotopic (exact) mass is 293 g/mol. The highest BCUT2D eigenvalue weighted by atomic mass is 16.5. The predicted molar refractivity (Wildman–Crippen MR) is 79.1 cm³/mol. The summed E-state index contributed by atoms with van der Waals surface area (Å²) in [6, 6.07) is 7.74. The highest BCUT2D eigenvalue weighted by Gasteiger charge is 2.20. The molecule has 0 atom stereocenters. The van der Waals surface area contributed by atoms with Crippen LogP contribution in [0.3, 0.4) is 0 Å². The summed E-state index contributed by atoms with van der Waals surface area (Å²) in [5.74, 6) is -0.793. The zero-order chi connectivity index (χ0) is 15.1. The van der Waals surface area contributed by atoms with E-state index in [2.05, 4.69) is 4.90 Å². The molecule has 0 amide bonds. The number of likely N-dealkylation sites (tertiary alicyclic amines) is 1. The van der Waals surface area contributed by atoms with Crippen molar-refractivity contribution in [3.8, 4) is 0 Å². The zero-order valence-corrected chi connectivity index (χ0v) is 12.2. The van der Waals surface area contributed by atoms with E-state index in [0.29, 0.717) is 6.61 Å². The second-order valence-corrected chi connectivity index (χ2v) is 5.41. The number of hydrogen-bond acceptors (Lipinski definition) is 4. The first-order valence-corrected chi connectivity index (χ1v) is 7.42. The molecule has 0 unspecified atom stereocenters. The van der Waals surface area contributed by atoms with Gasteiger partial charge in [-0.15, -0.1) is 0 Å². The fourth-order valence-electron chi connectivity index (χ4n) is 2.74. The summed E-state index contributed by atoms with van der Waals surface area (Å²) < 4.78 is 5.55. The molecule has 0 bridgehead atoms. The molecule has 1 aromatic rings. The van der Waals surface area contributed by atoms with Crippen LogP contribution in [0.2, 0.25) is 0 Å². The molecule has 116 valence electrons. The number of rotatable bonds is 7. The van der Waals surface area contributed by atoms with Crippen LogP contribution < -0.4 is 0 Å². The number of carboxylic acids is 1. The number of aliphatic hydroxyl groups excluding tert-OH is 1. The average Bonchev–Trinajstić information content (AvgIpc) is 2.48. The molecule has 2 N–H and O–H groups in total. The Labute approximate surface area is 125 Å². The normalized spacial score (nSPS) is 17.0. The first-order valence-electron chi connectivity index (χ1n) is 7.42. The number of carbonyl (C=O) groups is 1. The minimum atomic E-state index is -0.793. The highest BCUT2D eigenvalue weighted by molar-refractivity contribution is 5.70. The highest BCUT2D eigenvalue weighted by Crippen LogP contribution is 2.18. The van der Waals surface area contributed by atoms with Gasteiger partial charge in [-0.2, -0.15) is 0 Å². The van der Waals surface area contributed by atoms with Gasteiger partial charge in [0, 0.05) is 19.6 Å². The molecule has 1 saturated heterocycles. The van der Waals surface area contributed by atoms with Crippen LogP contribution in [-0.4, -0.2) is 53.5 Å². The van der Waals surface area contributed by atoms with Crippen LogP contribution in [0.25, 0.3) is 0 Å². The van der Waals surface area contributed by atoms with Gasteiger partial charge in [0.15, 0.2) is 0 Å². The van der Waals surface area contributed by atoms with Crippen molar-refractivity contribution in [1.82, 2.24) is 4.90 Å². The predicted octanol–water partition coefficient (Wildman–Crippen LogP) is 1.29. The molecule has 5 nitrogen and oxygen atoms in total. The lowest BCUT2D eigenvalue weighted by Crippen LogP contribution is -2.37. The minimum absolute atomic E-state index is 0.0722. The molecular formula is C16H23NO4. The maximum absolute atomic E-state index is 10.9. The number of carboxylic acid groups (broad SMARTS) is 1. The summed E-state index contributed by atoms with van der Waals surface area (Å²) in [6.07, 6.45) is 2.23. The van der Waals surface area contributed by atoms with Gasteiger partial charge < -0.3 is 14.9 Å². The Morgan fingerprint density at radius 3 is 2.52 bits per heavy atom. The Bertz CT molecular complexity index is 455. The number of aliphatic carboxylic acids is 1. The molecule has 2 rings (SSSR count). The molecule has 0 spiro atoms. The third-order valence-corrected chi connectivity index (χ3v) is 3.83. The van der Waals surface area contributed by atoms with Gasteiger partial charge in [0.1, 0.15) is 0 Å². The van der Waals surface area contributed by atoms with Crippen molar-refractivity contribution in [2.75, 3.05) is 26.3 Å². The van der Waals surface area contributed by atoms with Gasteiger partial charge in [0.2, 0.25) is 0 Å². The van der Waals surface area contributed by atoms with Gasteiger partial charge in [-0.05, 0) is 24.0 Å². The second kappa shape index (κ2) is 8.12. The standard InChI is InChI=1S/C16H23NO4/c18-9-10-21-15-5-7-17(8-6-15)12-14-4-2-1-3-13(14)11-16(19)20/h1-4,15,18H,5-12H2,(H,19,20). The van der Waals surface area contributed by atoms with Gasteiger partial charge in [-0.1, -0.05) is 24.3 Å². The van der Waals surface area contributed by atoms with Crippen molar-refractivity contribution >= 4 is 5.97 Å². The molecule has 0 saturated carbocycles. The molecule has 0 radical (unpaired) electrons. The van der Waals surface area contributed by atoms with Gasteiger partial charge in [0.05, 0.1) is 25.7 Å². The maximum atomic E-state index is 10.9. The molecule has 1 fully saturated rings. The molecule has 1 aromatic carbocycles. The molecule has 0 aliphatic carbocycles. The molecular weight excluding hydrogens is 270 g/mol. The lowest BCUT2D eigenvalue weighted by Gasteiger charge is -2.32. The van der Waals surface area contributed by atoms with Crippen LogP contribution in [0.5, 0.6) is 0 Å². The van der Waals surface area contributed by atoms with E-state index in [-0.39, 0.29) is 19.1 Å². The quantitative estimate of drug-likeness (QED) is 0.792. The first kappa shape index (κ1) is 15.9. The summed E-state index contributed by atoms with van der Waals surface area (Å²) in [7, 11) is 0. The van der Waals surface area contributed by atoms with E-state index >= 15 is 0 Å². The Morgan fingerprint density at radius 1 is 1.24 bits per heavy atom. The summed E-state index contributed by atoms with van der Waals surface area (Å²) in [5.41, 5.74) is 1.98. The first-order chi connectivity index (χ1) is 10.2. The number of benzene rings is 1. The smallest absolute Gasteiger partial charge is 0.307 e. The van der Waals surface area contributed by atoms with Gasteiger partial charge >= 0.3 is 5.97 Å². The summed E-state index contributed by atoms with van der Waals surface area (Å²) in [4.78, 5) is 13.2. The third kappa shape index (κ3) is 5.12. The van der Waals surface area contributed by atoms with Crippen molar-refractivity contribution in [1.29, 1.82) is 0 Å². The zero-order valence-electron chi connectivity index (χ0n) is 12.2. The number of hydrogen-bond donors (Lipinski definition) is 2. The van der Waals surface area contributed by atoms with E-state index in [1.54, 1.807) is 0 Å². The topological polar surface area (TPSA) is 70.0 Å². The largest absolute Gasteiger partial charge is 0.481 e. The lowest BCUT2D eigenvalue weighted by molar-refractivity contribution is -0.136.